The highest BCUT2D eigenvalue weighted by Crippen LogP contribution is 2.26. The van der Waals surface area contributed by atoms with Gasteiger partial charge in [0.15, 0.2) is 0 Å². The van der Waals surface area contributed by atoms with E-state index >= 15 is 0 Å². The molecule has 0 spiro atoms. The molecule has 6 nitrogen and oxygen atoms in total. The number of carbonyl (C=O) groups is 2. The number of aromatic nitrogens is 2. The summed E-state index contributed by atoms with van der Waals surface area (Å²) in [6.07, 6.45) is 0. The van der Waals surface area contributed by atoms with Gasteiger partial charge in [0.05, 0.1) is 0 Å². The lowest BCUT2D eigenvalue weighted by Crippen LogP contribution is -2.46. The third-order valence-electron chi connectivity index (χ3n) is 3.34. The SMILES string of the molecule is Cc1cccc(-c2nnc(NC(=O)[C@@H](C)NC(=O)C(C)(C)C)s2)c1. The van der Waals surface area contributed by atoms with Crippen LogP contribution in [0.4, 0.5) is 5.13 Å². The highest BCUT2D eigenvalue weighted by molar-refractivity contribution is 7.18. The highest BCUT2D eigenvalue weighted by atomic mass is 32.1. The van der Waals surface area contributed by atoms with Crippen LogP contribution in [0, 0.1) is 12.3 Å². The Hall–Kier alpha value is -2.28. The first-order valence-electron chi connectivity index (χ1n) is 7.69. The molecule has 0 saturated carbocycles. The zero-order chi connectivity index (χ0) is 17.9. The molecular formula is C17H22N4O2S. The summed E-state index contributed by atoms with van der Waals surface area (Å²) in [5.74, 6) is -0.498. The van der Waals surface area contributed by atoms with E-state index in [9.17, 15) is 9.59 Å². The smallest absolute Gasteiger partial charge is 0.248 e. The minimum atomic E-state index is -0.650. The van der Waals surface area contributed by atoms with E-state index in [4.69, 9.17) is 0 Å². The minimum absolute atomic E-state index is 0.178. The summed E-state index contributed by atoms with van der Waals surface area (Å²) in [5, 5.41) is 14.6. The number of nitrogens with one attached hydrogen (secondary N) is 2. The van der Waals surface area contributed by atoms with Gasteiger partial charge in [-0.25, -0.2) is 0 Å². The first-order chi connectivity index (χ1) is 11.2. The fraction of sp³-hybridized carbons (Fsp3) is 0.412. The van der Waals surface area contributed by atoms with Gasteiger partial charge in [0.2, 0.25) is 16.9 Å². The number of carbonyl (C=O) groups excluding carboxylic acids is 2. The van der Waals surface area contributed by atoms with Gasteiger partial charge in [-0.2, -0.15) is 0 Å². The normalized spacial score (nSPS) is 12.5. The van der Waals surface area contributed by atoms with Gasteiger partial charge in [0.1, 0.15) is 11.0 Å². The Morgan fingerprint density at radius 2 is 1.92 bits per heavy atom. The number of hydrogen-bond donors (Lipinski definition) is 2. The van der Waals surface area contributed by atoms with Crippen molar-refractivity contribution < 1.29 is 9.59 Å². The molecule has 1 atom stereocenters. The van der Waals surface area contributed by atoms with Crippen LogP contribution < -0.4 is 10.6 Å². The van der Waals surface area contributed by atoms with Crippen LogP contribution in [0.2, 0.25) is 0 Å². The van der Waals surface area contributed by atoms with Crippen molar-refractivity contribution in [2.45, 2.75) is 40.7 Å². The number of amides is 2. The van der Waals surface area contributed by atoms with Crippen molar-refractivity contribution in [2.24, 2.45) is 5.41 Å². The summed E-state index contributed by atoms with van der Waals surface area (Å²) in [5.41, 5.74) is 1.55. The maximum Gasteiger partial charge on any atom is 0.248 e. The van der Waals surface area contributed by atoms with Crippen LogP contribution in [0.15, 0.2) is 24.3 Å². The maximum atomic E-state index is 12.2. The van der Waals surface area contributed by atoms with Crippen LogP contribution in [-0.2, 0) is 9.59 Å². The van der Waals surface area contributed by atoms with Gasteiger partial charge in [0.25, 0.3) is 0 Å². The molecule has 128 valence electrons. The molecule has 2 aromatic rings. The number of nitrogens with zero attached hydrogens (tertiary/aromatic N) is 2. The number of benzene rings is 1. The van der Waals surface area contributed by atoms with Gasteiger partial charge in [-0.1, -0.05) is 55.9 Å². The molecule has 0 aliphatic heterocycles. The second-order valence-corrected chi connectivity index (χ2v) is 7.69. The zero-order valence-corrected chi connectivity index (χ0v) is 15.3. The Balaban J connectivity index is 2.01. The lowest BCUT2D eigenvalue weighted by molar-refractivity contribution is -0.131. The van der Waals surface area contributed by atoms with Crippen molar-refractivity contribution in [3.63, 3.8) is 0 Å². The van der Waals surface area contributed by atoms with Gasteiger partial charge in [-0.05, 0) is 19.9 Å². The largest absolute Gasteiger partial charge is 0.344 e. The Bertz CT molecular complexity index is 749. The Morgan fingerprint density at radius 1 is 1.21 bits per heavy atom. The monoisotopic (exact) mass is 346 g/mol. The number of rotatable bonds is 4. The lowest BCUT2D eigenvalue weighted by atomic mass is 9.95. The van der Waals surface area contributed by atoms with Crippen molar-refractivity contribution in [1.29, 1.82) is 0 Å². The lowest BCUT2D eigenvalue weighted by Gasteiger charge is -2.21. The molecule has 1 aromatic heterocycles. The van der Waals surface area contributed by atoms with Crippen LogP contribution in [0.3, 0.4) is 0 Å². The summed E-state index contributed by atoms with van der Waals surface area (Å²) in [6, 6.07) is 7.27. The number of aryl methyl sites for hydroxylation is 1. The molecule has 2 rings (SSSR count). The van der Waals surface area contributed by atoms with Crippen LogP contribution >= 0.6 is 11.3 Å². The molecule has 0 bridgehead atoms. The molecule has 7 heteroatoms. The van der Waals surface area contributed by atoms with Crippen molar-refractivity contribution in [3.05, 3.63) is 29.8 Å². The van der Waals surface area contributed by atoms with E-state index in [0.29, 0.717) is 5.13 Å². The molecule has 0 fully saturated rings. The third kappa shape index (κ3) is 4.61. The standard InChI is InChI=1S/C17H22N4O2S/c1-10-7-6-8-12(9-10)14-20-21-16(24-14)19-13(22)11(2)18-15(23)17(3,4)5/h6-9,11H,1-5H3,(H,18,23)(H,19,21,22)/t11-/m1/s1. The van der Waals surface area contributed by atoms with Crippen LogP contribution in [0.25, 0.3) is 10.6 Å². The van der Waals surface area contributed by atoms with E-state index in [1.807, 2.05) is 31.2 Å². The Morgan fingerprint density at radius 3 is 2.54 bits per heavy atom. The van der Waals surface area contributed by atoms with Gasteiger partial charge in [-0.15, -0.1) is 10.2 Å². The number of anilines is 1. The van der Waals surface area contributed by atoms with Crippen molar-refractivity contribution in [3.8, 4) is 10.6 Å². The van der Waals surface area contributed by atoms with Gasteiger partial charge < -0.3 is 5.32 Å². The first kappa shape index (κ1) is 18.1. The van der Waals surface area contributed by atoms with E-state index in [1.54, 1.807) is 27.7 Å². The topological polar surface area (TPSA) is 84.0 Å². The predicted molar refractivity (Wildman–Crippen MR) is 95.8 cm³/mol. The fourth-order valence-corrected chi connectivity index (χ4v) is 2.60. The van der Waals surface area contributed by atoms with Crippen LogP contribution in [0.5, 0.6) is 0 Å². The summed E-state index contributed by atoms with van der Waals surface area (Å²) in [7, 11) is 0. The van der Waals surface area contributed by atoms with Crippen LogP contribution in [0.1, 0.15) is 33.3 Å². The quantitative estimate of drug-likeness (QED) is 0.891. The molecule has 1 heterocycles. The van der Waals surface area contributed by atoms with Gasteiger partial charge in [0, 0.05) is 11.0 Å². The fourth-order valence-electron chi connectivity index (χ4n) is 1.86. The molecule has 0 radical (unpaired) electrons. The summed E-state index contributed by atoms with van der Waals surface area (Å²) < 4.78 is 0. The van der Waals surface area contributed by atoms with E-state index in [2.05, 4.69) is 20.8 Å². The van der Waals surface area contributed by atoms with Crippen molar-refractivity contribution in [2.75, 3.05) is 5.32 Å². The Labute approximate surface area is 145 Å². The average Bonchev–Trinajstić information content (AvgIpc) is 2.94. The van der Waals surface area contributed by atoms with Crippen molar-refractivity contribution >= 4 is 28.3 Å². The molecule has 1 aromatic carbocycles. The molecule has 0 aliphatic carbocycles. The predicted octanol–water partition coefficient (Wildman–Crippen LogP) is 3.00. The maximum absolute atomic E-state index is 12.2. The molecular weight excluding hydrogens is 324 g/mol. The highest BCUT2D eigenvalue weighted by Gasteiger charge is 2.25. The van der Waals surface area contributed by atoms with E-state index in [1.165, 1.54) is 11.3 Å². The Kier molecular flexibility index (Phi) is 5.33. The molecule has 2 amide bonds. The summed E-state index contributed by atoms with van der Waals surface area (Å²) >= 11 is 1.30. The molecule has 2 N–H and O–H groups in total. The number of hydrogen-bond acceptors (Lipinski definition) is 5. The van der Waals surface area contributed by atoms with Crippen LogP contribution in [-0.4, -0.2) is 28.1 Å². The first-order valence-corrected chi connectivity index (χ1v) is 8.51. The molecule has 24 heavy (non-hydrogen) atoms. The molecule has 0 unspecified atom stereocenters. The van der Waals surface area contributed by atoms with Gasteiger partial charge in [-0.3, -0.25) is 14.9 Å². The van der Waals surface area contributed by atoms with E-state index in [-0.39, 0.29) is 11.8 Å². The van der Waals surface area contributed by atoms with E-state index < -0.39 is 11.5 Å². The second-order valence-electron chi connectivity index (χ2n) is 6.72. The average molecular weight is 346 g/mol. The summed E-state index contributed by atoms with van der Waals surface area (Å²) in [6.45, 7) is 9.04. The second kappa shape index (κ2) is 7.09. The van der Waals surface area contributed by atoms with E-state index in [0.717, 1.165) is 16.1 Å². The third-order valence-corrected chi connectivity index (χ3v) is 4.23. The molecule has 0 aliphatic rings. The van der Waals surface area contributed by atoms with Gasteiger partial charge >= 0.3 is 0 Å². The van der Waals surface area contributed by atoms with Crippen molar-refractivity contribution in [1.82, 2.24) is 15.5 Å². The minimum Gasteiger partial charge on any atom is -0.344 e. The summed E-state index contributed by atoms with van der Waals surface area (Å²) in [4.78, 5) is 24.1. The zero-order valence-electron chi connectivity index (χ0n) is 14.5. The molecule has 0 saturated heterocycles.